The van der Waals surface area contributed by atoms with E-state index in [9.17, 15) is 4.79 Å². The van der Waals surface area contributed by atoms with E-state index in [4.69, 9.17) is 0 Å². The van der Waals surface area contributed by atoms with Crippen molar-refractivity contribution in [1.82, 2.24) is 5.32 Å². The Balaban J connectivity index is 1.23. The number of rotatable bonds is 7. The Labute approximate surface area is 162 Å². The lowest BCUT2D eigenvalue weighted by atomic mass is 10.0. The van der Waals surface area contributed by atoms with Crippen molar-refractivity contribution in [2.75, 3.05) is 29.9 Å². The lowest BCUT2D eigenvalue weighted by Crippen LogP contribution is -2.43. The van der Waals surface area contributed by atoms with Crippen molar-refractivity contribution < 1.29 is 4.79 Å². The zero-order valence-corrected chi connectivity index (χ0v) is 15.9. The number of carbonyl (C=O) groups is 1. The van der Waals surface area contributed by atoms with E-state index in [2.05, 4.69) is 58.0 Å². The third kappa shape index (κ3) is 5.10. The Kier molecular flexibility index (Phi) is 5.73. The van der Waals surface area contributed by atoms with E-state index in [1.54, 1.807) is 0 Å². The summed E-state index contributed by atoms with van der Waals surface area (Å²) in [4.78, 5) is 14.4. The first-order chi connectivity index (χ1) is 13.3. The van der Waals surface area contributed by atoms with E-state index in [0.717, 1.165) is 57.4 Å². The average molecular weight is 364 g/mol. The third-order valence-electron chi connectivity index (χ3n) is 5.61. The Hall–Kier alpha value is -2.33. The van der Waals surface area contributed by atoms with Gasteiger partial charge in [-0.2, -0.15) is 0 Å². The van der Waals surface area contributed by atoms with Gasteiger partial charge in [0.1, 0.15) is 0 Å². The predicted octanol–water partition coefficient (Wildman–Crippen LogP) is 3.84. The highest BCUT2D eigenvalue weighted by molar-refractivity contribution is 5.94. The van der Waals surface area contributed by atoms with E-state index in [-0.39, 0.29) is 11.8 Å². The maximum atomic E-state index is 12.0. The number of nitrogens with one attached hydrogen (secondary N) is 2. The molecule has 4 rings (SSSR count). The maximum absolute atomic E-state index is 12.0. The highest BCUT2D eigenvalue weighted by Crippen LogP contribution is 2.31. The molecule has 0 atom stereocenters. The first-order valence-corrected chi connectivity index (χ1v) is 10.2. The fourth-order valence-corrected chi connectivity index (χ4v) is 3.78. The Morgan fingerprint density at radius 1 is 0.963 bits per heavy atom. The van der Waals surface area contributed by atoms with Crippen LogP contribution < -0.4 is 15.5 Å². The van der Waals surface area contributed by atoms with Crippen LogP contribution in [-0.4, -0.2) is 31.6 Å². The summed E-state index contributed by atoms with van der Waals surface area (Å²) in [5.74, 6) is 0.417. The number of piperidine rings is 1. The molecule has 0 radical (unpaired) electrons. The van der Waals surface area contributed by atoms with Crippen molar-refractivity contribution in [2.45, 2.75) is 38.1 Å². The topological polar surface area (TPSA) is 44.4 Å². The molecule has 2 aliphatic rings. The second-order valence-corrected chi connectivity index (χ2v) is 7.76. The van der Waals surface area contributed by atoms with Gasteiger partial charge in [0.25, 0.3) is 0 Å². The molecule has 0 aromatic heterocycles. The molecular weight excluding hydrogens is 334 g/mol. The highest BCUT2D eigenvalue weighted by atomic mass is 16.2. The molecule has 1 aliphatic heterocycles. The zero-order valence-electron chi connectivity index (χ0n) is 15.9. The molecule has 0 spiro atoms. The van der Waals surface area contributed by atoms with Gasteiger partial charge in [0.05, 0.1) is 0 Å². The van der Waals surface area contributed by atoms with E-state index in [0.29, 0.717) is 6.04 Å². The monoisotopic (exact) mass is 363 g/mol. The van der Waals surface area contributed by atoms with Crippen molar-refractivity contribution in [3.8, 4) is 0 Å². The first-order valence-electron chi connectivity index (χ1n) is 10.2. The first kappa shape index (κ1) is 18.1. The number of carbonyl (C=O) groups excluding carboxylic acids is 1. The lowest BCUT2D eigenvalue weighted by Gasteiger charge is -2.34. The zero-order chi connectivity index (χ0) is 18.5. The smallest absolute Gasteiger partial charge is 0.227 e. The summed E-state index contributed by atoms with van der Waals surface area (Å²) in [7, 11) is 0. The molecule has 1 saturated carbocycles. The van der Waals surface area contributed by atoms with Gasteiger partial charge in [-0.25, -0.2) is 0 Å². The van der Waals surface area contributed by atoms with E-state index in [1.807, 2.05) is 12.1 Å². The van der Waals surface area contributed by atoms with Crippen molar-refractivity contribution in [3.05, 3.63) is 60.2 Å². The summed E-state index contributed by atoms with van der Waals surface area (Å²) in [6, 6.07) is 19.6. The number of hydrogen-bond acceptors (Lipinski definition) is 3. The normalized spacial score (nSPS) is 17.7. The molecule has 4 heteroatoms. The predicted molar refractivity (Wildman–Crippen MR) is 111 cm³/mol. The van der Waals surface area contributed by atoms with Gasteiger partial charge < -0.3 is 15.5 Å². The van der Waals surface area contributed by atoms with E-state index in [1.165, 1.54) is 11.3 Å². The standard InChI is InChI=1S/C23H29N3O/c27-23(19-9-10-19)25-21-7-4-8-22(17-21)26-15-12-20(13-16-26)24-14-11-18-5-2-1-3-6-18/h1-8,17,19-20,24H,9-16H2,(H,25,27). The van der Waals surface area contributed by atoms with E-state index >= 15 is 0 Å². The fourth-order valence-electron chi connectivity index (χ4n) is 3.78. The van der Waals surface area contributed by atoms with Crippen LogP contribution in [0.5, 0.6) is 0 Å². The highest BCUT2D eigenvalue weighted by Gasteiger charge is 2.29. The van der Waals surface area contributed by atoms with Crippen LogP contribution in [0.3, 0.4) is 0 Å². The minimum atomic E-state index is 0.175. The summed E-state index contributed by atoms with van der Waals surface area (Å²) in [5, 5.41) is 6.77. The Morgan fingerprint density at radius 2 is 1.74 bits per heavy atom. The van der Waals surface area contributed by atoms with Gasteiger partial charge in [0.2, 0.25) is 5.91 Å². The van der Waals surface area contributed by atoms with E-state index < -0.39 is 0 Å². The van der Waals surface area contributed by atoms with Crippen LogP contribution in [0.1, 0.15) is 31.2 Å². The van der Waals surface area contributed by atoms with Crippen molar-refractivity contribution >= 4 is 17.3 Å². The van der Waals surface area contributed by atoms with Crippen molar-refractivity contribution in [1.29, 1.82) is 0 Å². The van der Waals surface area contributed by atoms with Gasteiger partial charge in [-0.1, -0.05) is 36.4 Å². The largest absolute Gasteiger partial charge is 0.371 e. The molecule has 0 unspecified atom stereocenters. The molecule has 4 nitrogen and oxygen atoms in total. The lowest BCUT2D eigenvalue weighted by molar-refractivity contribution is -0.117. The molecule has 1 saturated heterocycles. The average Bonchev–Trinajstić information content (AvgIpc) is 3.55. The third-order valence-corrected chi connectivity index (χ3v) is 5.61. The van der Waals surface area contributed by atoms with Gasteiger partial charge >= 0.3 is 0 Å². The van der Waals surface area contributed by atoms with Gasteiger partial charge in [-0.15, -0.1) is 0 Å². The van der Waals surface area contributed by atoms with Crippen LogP contribution in [-0.2, 0) is 11.2 Å². The second-order valence-electron chi connectivity index (χ2n) is 7.76. The van der Waals surface area contributed by atoms with Crippen LogP contribution in [0, 0.1) is 5.92 Å². The van der Waals surface area contributed by atoms with Gasteiger partial charge in [-0.05, 0) is 62.4 Å². The van der Waals surface area contributed by atoms with Crippen molar-refractivity contribution in [2.24, 2.45) is 5.92 Å². The van der Waals surface area contributed by atoms with Crippen molar-refractivity contribution in [3.63, 3.8) is 0 Å². The van der Waals surface area contributed by atoms with Crippen LogP contribution >= 0.6 is 0 Å². The minimum absolute atomic E-state index is 0.175. The van der Waals surface area contributed by atoms with Crippen LogP contribution in [0.4, 0.5) is 11.4 Å². The Bertz CT molecular complexity index is 749. The SMILES string of the molecule is O=C(Nc1cccc(N2CCC(NCCc3ccccc3)CC2)c1)C1CC1. The number of amides is 1. The number of anilines is 2. The molecule has 2 aromatic rings. The molecule has 1 heterocycles. The molecular formula is C23H29N3O. The van der Waals surface area contributed by atoms with Crippen LogP contribution in [0.25, 0.3) is 0 Å². The molecule has 2 N–H and O–H groups in total. The quantitative estimate of drug-likeness (QED) is 0.786. The molecule has 2 aromatic carbocycles. The second kappa shape index (κ2) is 8.57. The number of benzene rings is 2. The summed E-state index contributed by atoms with van der Waals surface area (Å²) in [6.07, 6.45) is 5.48. The van der Waals surface area contributed by atoms with Gasteiger partial charge in [0.15, 0.2) is 0 Å². The molecule has 1 amide bonds. The minimum Gasteiger partial charge on any atom is -0.371 e. The summed E-state index contributed by atoms with van der Waals surface area (Å²) in [5.41, 5.74) is 3.53. The van der Waals surface area contributed by atoms with Crippen LogP contribution in [0.15, 0.2) is 54.6 Å². The molecule has 27 heavy (non-hydrogen) atoms. The molecule has 142 valence electrons. The van der Waals surface area contributed by atoms with Gasteiger partial charge in [-0.3, -0.25) is 4.79 Å². The number of hydrogen-bond donors (Lipinski definition) is 2. The Morgan fingerprint density at radius 3 is 2.48 bits per heavy atom. The fraction of sp³-hybridized carbons (Fsp3) is 0.435. The summed E-state index contributed by atoms with van der Waals surface area (Å²) >= 11 is 0. The van der Waals surface area contributed by atoms with Crippen LogP contribution in [0.2, 0.25) is 0 Å². The number of nitrogens with zero attached hydrogens (tertiary/aromatic N) is 1. The maximum Gasteiger partial charge on any atom is 0.227 e. The summed E-state index contributed by atoms with van der Waals surface area (Å²) in [6.45, 7) is 3.16. The molecule has 1 aliphatic carbocycles. The molecule has 2 fully saturated rings. The van der Waals surface area contributed by atoms with Gasteiger partial charge in [0, 0.05) is 36.4 Å². The molecule has 0 bridgehead atoms. The summed E-state index contributed by atoms with van der Waals surface area (Å²) < 4.78 is 0.